The fraction of sp³-hybridized carbons (Fsp3) is 0.214. The van der Waals surface area contributed by atoms with Crippen LogP contribution in [-0.4, -0.2) is 22.8 Å². The molecule has 1 aromatic heterocycles. The van der Waals surface area contributed by atoms with Crippen LogP contribution in [0.2, 0.25) is 0 Å². The number of esters is 1. The summed E-state index contributed by atoms with van der Waals surface area (Å²) in [6.45, 7) is 2.84. The topological polar surface area (TPSA) is 68.3 Å². The van der Waals surface area contributed by atoms with Crippen LogP contribution >= 0.6 is 23.1 Å². The van der Waals surface area contributed by atoms with Crippen molar-refractivity contribution in [1.29, 1.82) is 0 Å². The molecule has 7 heteroatoms. The van der Waals surface area contributed by atoms with Gasteiger partial charge in [-0.25, -0.2) is 4.98 Å². The maximum absolute atomic E-state index is 11.0. The number of amides is 1. The minimum absolute atomic E-state index is 0.131. The summed E-state index contributed by atoms with van der Waals surface area (Å²) in [5.74, 6) is -0.113. The van der Waals surface area contributed by atoms with Gasteiger partial charge in [0.15, 0.2) is 5.13 Å². The largest absolute Gasteiger partial charge is 0.454 e. The Balaban J connectivity index is 1.99. The second kappa shape index (κ2) is 7.24. The number of ether oxygens (including phenoxy) is 1. The summed E-state index contributed by atoms with van der Waals surface area (Å²) < 4.78 is 4.87. The molecule has 1 amide bonds. The molecule has 1 aromatic carbocycles. The quantitative estimate of drug-likeness (QED) is 0.519. The lowest BCUT2D eigenvalue weighted by molar-refractivity contribution is -0.138. The number of aromatic nitrogens is 1. The van der Waals surface area contributed by atoms with Crippen LogP contribution in [0.25, 0.3) is 11.3 Å². The van der Waals surface area contributed by atoms with Gasteiger partial charge < -0.3 is 10.1 Å². The molecule has 0 unspecified atom stereocenters. The van der Waals surface area contributed by atoms with Gasteiger partial charge in [0.25, 0.3) is 0 Å². The molecule has 0 radical (unpaired) electrons. The van der Waals surface area contributed by atoms with Gasteiger partial charge in [0, 0.05) is 29.7 Å². The second-order valence-corrected chi connectivity index (χ2v) is 6.00. The van der Waals surface area contributed by atoms with E-state index in [9.17, 15) is 9.59 Å². The molecule has 0 aliphatic rings. The molecule has 2 aromatic rings. The zero-order valence-electron chi connectivity index (χ0n) is 11.6. The summed E-state index contributed by atoms with van der Waals surface area (Å²) in [5, 5.41) is 5.14. The Bertz CT molecular complexity index is 638. The Hall–Kier alpha value is -1.86. The van der Waals surface area contributed by atoms with Gasteiger partial charge in [0.2, 0.25) is 5.91 Å². The molecule has 0 saturated carbocycles. The average Bonchev–Trinajstić information content (AvgIpc) is 2.87. The van der Waals surface area contributed by atoms with Crippen LogP contribution in [0.5, 0.6) is 0 Å². The zero-order chi connectivity index (χ0) is 15.2. The minimum atomic E-state index is -0.285. The first-order valence-electron chi connectivity index (χ1n) is 6.14. The van der Waals surface area contributed by atoms with Crippen LogP contribution in [0.1, 0.15) is 13.8 Å². The molecular weight excluding hydrogens is 308 g/mol. The number of benzene rings is 1. The minimum Gasteiger partial charge on any atom is -0.454 e. The standard InChI is InChI=1S/C14H14N2O3S2/c1-9(17)15-14-16-13(7-20-14)11-3-5-12(6-4-11)21-8-19-10(2)18/h3-7H,8H2,1-2H3,(H,15,16,17). The molecule has 21 heavy (non-hydrogen) atoms. The third kappa shape index (κ3) is 4.87. The summed E-state index contributed by atoms with van der Waals surface area (Å²) in [7, 11) is 0. The van der Waals surface area contributed by atoms with Crippen LogP contribution in [0.15, 0.2) is 34.5 Å². The van der Waals surface area contributed by atoms with Gasteiger partial charge >= 0.3 is 5.97 Å². The molecule has 0 fully saturated rings. The molecule has 2 rings (SSSR count). The SMILES string of the molecule is CC(=O)Nc1nc(-c2ccc(SCOC(C)=O)cc2)cs1. The number of hydrogen-bond donors (Lipinski definition) is 1. The van der Waals surface area contributed by atoms with Crippen molar-refractivity contribution in [2.24, 2.45) is 0 Å². The fourth-order valence-corrected chi connectivity index (χ4v) is 2.97. The Morgan fingerprint density at radius 1 is 1.29 bits per heavy atom. The van der Waals surface area contributed by atoms with Gasteiger partial charge in [0.1, 0.15) is 5.94 Å². The van der Waals surface area contributed by atoms with Gasteiger partial charge in [-0.1, -0.05) is 23.9 Å². The number of nitrogens with one attached hydrogen (secondary N) is 1. The molecule has 1 N–H and O–H groups in total. The van der Waals surface area contributed by atoms with E-state index >= 15 is 0 Å². The van der Waals surface area contributed by atoms with Crippen molar-refractivity contribution in [1.82, 2.24) is 4.98 Å². The van der Waals surface area contributed by atoms with Crippen molar-refractivity contribution >= 4 is 40.1 Å². The van der Waals surface area contributed by atoms with E-state index in [0.29, 0.717) is 11.1 Å². The summed E-state index contributed by atoms with van der Waals surface area (Å²) >= 11 is 2.84. The average molecular weight is 322 g/mol. The predicted molar refractivity (Wildman–Crippen MR) is 84.3 cm³/mol. The fourth-order valence-electron chi connectivity index (χ4n) is 1.52. The van der Waals surface area contributed by atoms with Gasteiger partial charge in [0.05, 0.1) is 5.69 Å². The third-order valence-electron chi connectivity index (χ3n) is 2.43. The zero-order valence-corrected chi connectivity index (χ0v) is 13.2. The van der Waals surface area contributed by atoms with Crippen molar-refractivity contribution in [2.45, 2.75) is 18.7 Å². The van der Waals surface area contributed by atoms with Crippen molar-refractivity contribution < 1.29 is 14.3 Å². The van der Waals surface area contributed by atoms with Crippen molar-refractivity contribution in [3.63, 3.8) is 0 Å². The summed E-state index contributed by atoms with van der Waals surface area (Å²) in [5.41, 5.74) is 1.79. The van der Waals surface area contributed by atoms with E-state index in [1.54, 1.807) is 0 Å². The third-order valence-corrected chi connectivity index (χ3v) is 4.02. The van der Waals surface area contributed by atoms with Gasteiger partial charge in [-0.05, 0) is 12.1 Å². The molecule has 0 saturated heterocycles. The van der Waals surface area contributed by atoms with Gasteiger partial charge in [-0.3, -0.25) is 9.59 Å². The predicted octanol–water partition coefficient (Wildman–Crippen LogP) is 3.38. The van der Waals surface area contributed by atoms with Crippen LogP contribution in [0.4, 0.5) is 5.13 Å². The number of nitrogens with zero attached hydrogens (tertiary/aromatic N) is 1. The van der Waals surface area contributed by atoms with E-state index in [0.717, 1.165) is 16.2 Å². The highest BCUT2D eigenvalue weighted by atomic mass is 32.2. The summed E-state index contributed by atoms with van der Waals surface area (Å²) in [6, 6.07) is 7.78. The van der Waals surface area contributed by atoms with Crippen LogP contribution in [0.3, 0.4) is 0 Å². The molecule has 0 bridgehead atoms. The Morgan fingerprint density at radius 2 is 2.00 bits per heavy atom. The van der Waals surface area contributed by atoms with Gasteiger partial charge in [-0.2, -0.15) is 0 Å². The highest BCUT2D eigenvalue weighted by molar-refractivity contribution is 7.99. The summed E-state index contributed by atoms with van der Waals surface area (Å²) in [6.07, 6.45) is 0. The van der Waals surface area contributed by atoms with Gasteiger partial charge in [-0.15, -0.1) is 11.3 Å². The number of rotatable bonds is 5. The maximum Gasteiger partial charge on any atom is 0.303 e. The number of thioether (sulfide) groups is 1. The lowest BCUT2D eigenvalue weighted by Crippen LogP contribution is -2.04. The van der Waals surface area contributed by atoms with Crippen LogP contribution in [-0.2, 0) is 14.3 Å². The lowest BCUT2D eigenvalue weighted by Gasteiger charge is -2.03. The number of thiazole rings is 1. The van der Waals surface area contributed by atoms with Crippen molar-refractivity contribution in [2.75, 3.05) is 11.3 Å². The Morgan fingerprint density at radius 3 is 2.62 bits per heavy atom. The summed E-state index contributed by atoms with van der Waals surface area (Å²) in [4.78, 5) is 27.0. The Kier molecular flexibility index (Phi) is 5.35. The number of anilines is 1. The van der Waals surface area contributed by atoms with Crippen LogP contribution in [0, 0.1) is 0 Å². The molecular formula is C14H14N2O3S2. The van der Waals surface area contributed by atoms with E-state index in [4.69, 9.17) is 4.74 Å². The number of carbonyl (C=O) groups excluding carboxylic acids is 2. The number of hydrogen-bond acceptors (Lipinski definition) is 6. The monoisotopic (exact) mass is 322 g/mol. The van der Waals surface area contributed by atoms with E-state index in [2.05, 4.69) is 10.3 Å². The van der Waals surface area contributed by atoms with Crippen molar-refractivity contribution in [3.05, 3.63) is 29.6 Å². The highest BCUT2D eigenvalue weighted by Gasteiger charge is 2.06. The Labute approximate surface area is 130 Å². The smallest absolute Gasteiger partial charge is 0.303 e. The molecule has 0 spiro atoms. The first-order valence-corrected chi connectivity index (χ1v) is 8.01. The molecule has 1 heterocycles. The second-order valence-electron chi connectivity index (χ2n) is 4.14. The molecule has 0 aliphatic carbocycles. The normalized spacial score (nSPS) is 10.2. The van der Waals surface area contributed by atoms with E-state index in [1.807, 2.05) is 29.6 Å². The first kappa shape index (κ1) is 15.5. The van der Waals surface area contributed by atoms with E-state index in [1.165, 1.54) is 36.9 Å². The lowest BCUT2D eigenvalue weighted by atomic mass is 10.2. The van der Waals surface area contributed by atoms with Crippen molar-refractivity contribution in [3.8, 4) is 11.3 Å². The molecule has 0 atom stereocenters. The molecule has 0 aliphatic heterocycles. The van der Waals surface area contributed by atoms with E-state index in [-0.39, 0.29) is 11.9 Å². The maximum atomic E-state index is 11.0. The highest BCUT2D eigenvalue weighted by Crippen LogP contribution is 2.27. The molecule has 110 valence electrons. The van der Waals surface area contributed by atoms with E-state index < -0.39 is 0 Å². The number of carbonyl (C=O) groups is 2. The first-order chi connectivity index (χ1) is 10.0. The van der Waals surface area contributed by atoms with Crippen LogP contribution < -0.4 is 5.32 Å². The molecule has 5 nitrogen and oxygen atoms in total.